The van der Waals surface area contributed by atoms with E-state index in [1.807, 2.05) is 6.07 Å². The number of anilines is 1. The summed E-state index contributed by atoms with van der Waals surface area (Å²) >= 11 is 0. The van der Waals surface area contributed by atoms with Gasteiger partial charge < -0.3 is 14.4 Å². The molecule has 1 aliphatic rings. The van der Waals surface area contributed by atoms with Crippen molar-refractivity contribution >= 4 is 15.7 Å². The zero-order valence-corrected chi connectivity index (χ0v) is 17.8. The summed E-state index contributed by atoms with van der Waals surface area (Å²) in [6.07, 6.45) is 0.753. The molecule has 0 unspecified atom stereocenters. The van der Waals surface area contributed by atoms with Crippen molar-refractivity contribution in [2.75, 3.05) is 58.4 Å². The van der Waals surface area contributed by atoms with E-state index in [4.69, 9.17) is 9.47 Å². The van der Waals surface area contributed by atoms with Crippen LogP contribution in [0, 0.1) is 0 Å². The molecule has 0 saturated carbocycles. The van der Waals surface area contributed by atoms with Gasteiger partial charge >= 0.3 is 0 Å². The van der Waals surface area contributed by atoms with Crippen LogP contribution in [0.25, 0.3) is 0 Å². The Morgan fingerprint density at radius 1 is 0.966 bits per heavy atom. The number of methoxy groups -OCH3 is 2. The van der Waals surface area contributed by atoms with Gasteiger partial charge in [-0.2, -0.15) is 0 Å². The lowest BCUT2D eigenvalue weighted by Crippen LogP contribution is -2.47. The summed E-state index contributed by atoms with van der Waals surface area (Å²) in [5, 5.41) is 0. The minimum atomic E-state index is -3.63. The van der Waals surface area contributed by atoms with Gasteiger partial charge in [-0.15, -0.1) is 0 Å². The Morgan fingerprint density at radius 2 is 1.69 bits per heavy atom. The van der Waals surface area contributed by atoms with E-state index in [1.165, 1.54) is 26.0 Å². The Hall–Kier alpha value is -2.29. The molecule has 3 rings (SSSR count). The largest absolute Gasteiger partial charge is 0.497 e. The molecule has 0 aromatic heterocycles. The summed E-state index contributed by atoms with van der Waals surface area (Å²) in [5.74, 6) is 0.823. The fourth-order valence-electron chi connectivity index (χ4n) is 3.45. The number of hydrogen-bond donors (Lipinski definition) is 1. The number of para-hydroxylation sites is 1. The minimum absolute atomic E-state index is 0.122. The maximum absolute atomic E-state index is 12.6. The van der Waals surface area contributed by atoms with Gasteiger partial charge in [-0.05, 0) is 37.2 Å². The molecule has 0 bridgehead atoms. The first-order valence-corrected chi connectivity index (χ1v) is 11.3. The number of hydrogen-bond acceptors (Lipinski definition) is 6. The summed E-state index contributed by atoms with van der Waals surface area (Å²) in [7, 11) is -0.657. The quantitative estimate of drug-likeness (QED) is 0.629. The molecule has 158 valence electrons. The van der Waals surface area contributed by atoms with Gasteiger partial charge in [0.05, 0.1) is 14.2 Å². The average Bonchev–Trinajstić information content (AvgIpc) is 2.77. The van der Waals surface area contributed by atoms with Crippen molar-refractivity contribution < 1.29 is 17.9 Å². The highest BCUT2D eigenvalue weighted by molar-refractivity contribution is 7.89. The highest BCUT2D eigenvalue weighted by atomic mass is 32.2. The van der Waals surface area contributed by atoms with Crippen molar-refractivity contribution in [3.8, 4) is 11.5 Å². The maximum Gasteiger partial charge on any atom is 0.244 e. The van der Waals surface area contributed by atoms with Gasteiger partial charge in [0, 0.05) is 44.5 Å². The van der Waals surface area contributed by atoms with E-state index in [1.54, 1.807) is 12.1 Å². The molecule has 8 heteroatoms. The van der Waals surface area contributed by atoms with E-state index in [0.29, 0.717) is 12.3 Å². The fraction of sp³-hybridized carbons (Fsp3) is 0.429. The molecule has 2 aromatic carbocycles. The summed E-state index contributed by atoms with van der Waals surface area (Å²) in [4.78, 5) is 4.88. The van der Waals surface area contributed by atoms with Crippen molar-refractivity contribution in [2.24, 2.45) is 0 Å². The van der Waals surface area contributed by atoms with Crippen molar-refractivity contribution in [2.45, 2.75) is 11.3 Å². The first kappa shape index (κ1) is 21.4. The molecule has 0 spiro atoms. The first-order chi connectivity index (χ1) is 14.0. The van der Waals surface area contributed by atoms with Gasteiger partial charge in [-0.3, -0.25) is 4.90 Å². The molecule has 29 heavy (non-hydrogen) atoms. The van der Waals surface area contributed by atoms with Crippen molar-refractivity contribution in [3.63, 3.8) is 0 Å². The third kappa shape index (κ3) is 5.62. The van der Waals surface area contributed by atoms with Crippen LogP contribution in [0.3, 0.4) is 0 Å². The van der Waals surface area contributed by atoms with Gasteiger partial charge in [0.15, 0.2) is 0 Å². The van der Waals surface area contributed by atoms with Gasteiger partial charge in [0.1, 0.15) is 16.4 Å². The van der Waals surface area contributed by atoms with Crippen molar-refractivity contribution in [3.05, 3.63) is 48.5 Å². The van der Waals surface area contributed by atoms with Crippen LogP contribution in [0.15, 0.2) is 53.4 Å². The van der Waals surface area contributed by atoms with Crippen LogP contribution in [-0.4, -0.2) is 66.8 Å². The highest BCUT2D eigenvalue weighted by Gasteiger charge is 2.20. The van der Waals surface area contributed by atoms with Crippen LogP contribution in [0.2, 0.25) is 0 Å². The van der Waals surface area contributed by atoms with Gasteiger partial charge in [-0.1, -0.05) is 18.2 Å². The number of nitrogens with zero attached hydrogens (tertiary/aromatic N) is 2. The molecule has 0 amide bonds. The van der Waals surface area contributed by atoms with Crippen LogP contribution in [-0.2, 0) is 10.0 Å². The van der Waals surface area contributed by atoms with E-state index in [0.717, 1.165) is 39.1 Å². The number of nitrogens with one attached hydrogen (secondary N) is 1. The molecule has 1 fully saturated rings. The molecule has 0 atom stereocenters. The number of sulfonamides is 1. The van der Waals surface area contributed by atoms with Crippen molar-refractivity contribution in [1.82, 2.24) is 9.62 Å². The monoisotopic (exact) mass is 419 g/mol. The molecule has 1 saturated heterocycles. The second-order valence-electron chi connectivity index (χ2n) is 6.93. The SMILES string of the molecule is COc1ccc(S(=O)(=O)NCCCN2CCN(c3ccccc3)CC2)c(OC)c1. The smallest absolute Gasteiger partial charge is 0.244 e. The Labute approximate surface area is 173 Å². The summed E-state index contributed by atoms with van der Waals surface area (Å²) < 4.78 is 38.2. The van der Waals surface area contributed by atoms with Crippen LogP contribution in [0.5, 0.6) is 11.5 Å². The van der Waals surface area contributed by atoms with Crippen LogP contribution in [0.1, 0.15) is 6.42 Å². The molecular formula is C21H29N3O4S. The summed E-state index contributed by atoms with van der Waals surface area (Å²) in [5.41, 5.74) is 1.26. The predicted molar refractivity (Wildman–Crippen MR) is 114 cm³/mol. The highest BCUT2D eigenvalue weighted by Crippen LogP contribution is 2.28. The molecule has 1 aliphatic heterocycles. The lowest BCUT2D eigenvalue weighted by Gasteiger charge is -2.36. The minimum Gasteiger partial charge on any atom is -0.497 e. The lowest BCUT2D eigenvalue weighted by atomic mass is 10.2. The Morgan fingerprint density at radius 3 is 2.34 bits per heavy atom. The lowest BCUT2D eigenvalue weighted by molar-refractivity contribution is 0.255. The molecule has 2 aromatic rings. The Kier molecular flexibility index (Phi) is 7.35. The zero-order valence-electron chi connectivity index (χ0n) is 17.0. The topological polar surface area (TPSA) is 71.1 Å². The Balaban J connectivity index is 1.45. The predicted octanol–water partition coefficient (Wildman–Crippen LogP) is 2.19. The number of ether oxygens (including phenoxy) is 2. The molecule has 7 nitrogen and oxygen atoms in total. The summed E-state index contributed by atoms with van der Waals surface area (Å²) in [6, 6.07) is 15.1. The molecule has 0 radical (unpaired) electrons. The standard InChI is InChI=1S/C21H29N3O4S/c1-27-19-9-10-21(20(17-19)28-2)29(25,26)22-11-6-12-23-13-15-24(16-14-23)18-7-4-3-5-8-18/h3-5,7-10,17,22H,6,11-16H2,1-2H3. The molecule has 1 heterocycles. The normalized spacial score (nSPS) is 15.3. The van der Waals surface area contributed by atoms with Crippen molar-refractivity contribution in [1.29, 1.82) is 0 Å². The molecular weight excluding hydrogens is 390 g/mol. The fourth-order valence-corrected chi connectivity index (χ4v) is 4.68. The first-order valence-electron chi connectivity index (χ1n) is 9.77. The van der Waals surface area contributed by atoms with Gasteiger partial charge in [0.25, 0.3) is 0 Å². The second kappa shape index (κ2) is 9.96. The third-order valence-corrected chi connectivity index (χ3v) is 6.60. The Bertz CT molecular complexity index is 882. The number of rotatable bonds is 9. The van der Waals surface area contributed by atoms with E-state index in [9.17, 15) is 8.42 Å². The van der Waals surface area contributed by atoms with Crippen LogP contribution in [0.4, 0.5) is 5.69 Å². The molecule has 0 aliphatic carbocycles. The van der Waals surface area contributed by atoms with E-state index in [2.05, 4.69) is 38.8 Å². The zero-order chi connectivity index (χ0) is 20.7. The van der Waals surface area contributed by atoms with Gasteiger partial charge in [0.2, 0.25) is 10.0 Å². The third-order valence-electron chi connectivity index (χ3n) is 5.10. The number of piperazine rings is 1. The molecule has 1 N–H and O–H groups in total. The summed E-state index contributed by atoms with van der Waals surface area (Å²) in [6.45, 7) is 5.18. The maximum atomic E-state index is 12.6. The van der Waals surface area contributed by atoms with E-state index >= 15 is 0 Å². The second-order valence-corrected chi connectivity index (χ2v) is 8.67. The van der Waals surface area contributed by atoms with E-state index in [-0.39, 0.29) is 10.6 Å². The van der Waals surface area contributed by atoms with E-state index < -0.39 is 10.0 Å². The number of benzene rings is 2. The van der Waals surface area contributed by atoms with Crippen LogP contribution < -0.4 is 19.1 Å². The average molecular weight is 420 g/mol. The van der Waals surface area contributed by atoms with Gasteiger partial charge in [-0.25, -0.2) is 13.1 Å². The van der Waals surface area contributed by atoms with Crippen LogP contribution >= 0.6 is 0 Å².